The summed E-state index contributed by atoms with van der Waals surface area (Å²) >= 11 is 6.30. The molecule has 0 N–H and O–H groups in total. The highest BCUT2D eigenvalue weighted by atomic mass is 35.5. The van der Waals surface area contributed by atoms with Crippen molar-refractivity contribution >= 4 is 45.5 Å². The van der Waals surface area contributed by atoms with Crippen LogP contribution in [0.1, 0.15) is 19.7 Å². The molecule has 0 saturated heterocycles. The second-order valence-electron chi connectivity index (χ2n) is 5.92. The van der Waals surface area contributed by atoms with Crippen LogP contribution < -0.4 is 0 Å². The lowest BCUT2D eigenvalue weighted by molar-refractivity contribution is -0.157. The van der Waals surface area contributed by atoms with E-state index in [9.17, 15) is 9.59 Å². The zero-order chi connectivity index (χ0) is 18.8. The van der Waals surface area contributed by atoms with Gasteiger partial charge in [-0.05, 0) is 13.0 Å². The van der Waals surface area contributed by atoms with Crippen molar-refractivity contribution in [1.29, 1.82) is 0 Å². The minimum absolute atomic E-state index is 0.0369. The van der Waals surface area contributed by atoms with Gasteiger partial charge >= 0.3 is 11.9 Å². The van der Waals surface area contributed by atoms with Crippen molar-refractivity contribution in [3.05, 3.63) is 35.2 Å². The number of aromatic nitrogens is 3. The van der Waals surface area contributed by atoms with Gasteiger partial charge in [0.2, 0.25) is 0 Å². The molecule has 7 nitrogen and oxygen atoms in total. The predicted molar refractivity (Wildman–Crippen MR) is 97.0 cm³/mol. The van der Waals surface area contributed by atoms with E-state index in [0.717, 1.165) is 16.4 Å². The monoisotopic (exact) mass is 375 g/mol. The van der Waals surface area contributed by atoms with E-state index in [1.807, 2.05) is 35.8 Å². The number of rotatable bonds is 5. The van der Waals surface area contributed by atoms with E-state index in [4.69, 9.17) is 21.1 Å². The number of fused-ring (bicyclic) bond motifs is 3. The summed E-state index contributed by atoms with van der Waals surface area (Å²) in [6.07, 6.45) is -0.641. The number of hydrogen-bond donors (Lipinski definition) is 0. The van der Waals surface area contributed by atoms with Crippen LogP contribution in [0.4, 0.5) is 0 Å². The van der Waals surface area contributed by atoms with E-state index in [2.05, 4.69) is 9.97 Å². The second-order valence-corrected chi connectivity index (χ2v) is 6.28. The number of aryl methyl sites for hydroxylation is 1. The SMILES string of the molecule is CC(=O)OCC(Cn1c(C)nc2c(Cl)nc3ccccc3c21)OC(C)=O. The summed E-state index contributed by atoms with van der Waals surface area (Å²) in [6, 6.07) is 7.60. The fraction of sp³-hybridized carbons (Fsp3) is 0.333. The molecular formula is C18H18ClN3O4. The molecular weight excluding hydrogens is 358 g/mol. The van der Waals surface area contributed by atoms with Crippen LogP contribution in [0.5, 0.6) is 0 Å². The zero-order valence-electron chi connectivity index (χ0n) is 14.7. The summed E-state index contributed by atoms with van der Waals surface area (Å²) in [5.41, 5.74) is 2.13. The van der Waals surface area contributed by atoms with Gasteiger partial charge in [0.1, 0.15) is 17.9 Å². The first-order chi connectivity index (χ1) is 12.4. The van der Waals surface area contributed by atoms with Crippen LogP contribution in [0.25, 0.3) is 21.9 Å². The Kier molecular flexibility index (Phi) is 5.08. The molecule has 0 radical (unpaired) electrons. The molecule has 0 saturated carbocycles. The number of halogens is 1. The molecule has 1 aromatic carbocycles. The van der Waals surface area contributed by atoms with Crippen LogP contribution in [0.2, 0.25) is 5.15 Å². The van der Waals surface area contributed by atoms with Gasteiger partial charge in [-0.15, -0.1) is 0 Å². The number of esters is 2. The summed E-state index contributed by atoms with van der Waals surface area (Å²) in [4.78, 5) is 31.4. The Labute approximate surface area is 154 Å². The quantitative estimate of drug-likeness (QED) is 0.503. The Balaban J connectivity index is 2.09. The molecule has 136 valence electrons. The summed E-state index contributed by atoms with van der Waals surface area (Å²) in [7, 11) is 0. The van der Waals surface area contributed by atoms with Gasteiger partial charge in [-0.3, -0.25) is 9.59 Å². The Hall–Kier alpha value is -2.67. The lowest BCUT2D eigenvalue weighted by Crippen LogP contribution is -2.29. The summed E-state index contributed by atoms with van der Waals surface area (Å²) < 4.78 is 12.2. The van der Waals surface area contributed by atoms with Crippen LogP contribution in [-0.2, 0) is 25.6 Å². The molecule has 26 heavy (non-hydrogen) atoms. The van der Waals surface area contributed by atoms with E-state index in [-0.39, 0.29) is 13.2 Å². The molecule has 3 rings (SSSR count). The van der Waals surface area contributed by atoms with Crippen molar-refractivity contribution < 1.29 is 19.1 Å². The number of nitrogens with zero attached hydrogens (tertiary/aromatic N) is 3. The second kappa shape index (κ2) is 7.29. The fourth-order valence-corrected chi connectivity index (χ4v) is 3.13. The topological polar surface area (TPSA) is 83.3 Å². The van der Waals surface area contributed by atoms with Crippen LogP contribution >= 0.6 is 11.6 Å². The van der Waals surface area contributed by atoms with Gasteiger partial charge in [-0.1, -0.05) is 29.8 Å². The van der Waals surface area contributed by atoms with Gasteiger partial charge in [0.05, 0.1) is 17.6 Å². The Morgan fingerprint density at radius 2 is 1.92 bits per heavy atom. The molecule has 3 aromatic rings. The highest BCUT2D eigenvalue weighted by Crippen LogP contribution is 2.30. The minimum atomic E-state index is -0.641. The number of benzene rings is 1. The molecule has 0 spiro atoms. The molecule has 2 heterocycles. The van der Waals surface area contributed by atoms with Crippen molar-refractivity contribution in [2.75, 3.05) is 6.61 Å². The first-order valence-corrected chi connectivity index (χ1v) is 8.46. The molecule has 0 amide bonds. The zero-order valence-corrected chi connectivity index (χ0v) is 15.4. The lowest BCUT2D eigenvalue weighted by Gasteiger charge is -2.19. The van der Waals surface area contributed by atoms with Crippen molar-refractivity contribution in [2.45, 2.75) is 33.4 Å². The highest BCUT2D eigenvalue weighted by molar-refractivity contribution is 6.35. The number of imidazole rings is 1. The van der Waals surface area contributed by atoms with E-state index < -0.39 is 18.0 Å². The third-order valence-corrected chi connectivity index (χ3v) is 4.19. The summed E-state index contributed by atoms with van der Waals surface area (Å²) in [5.74, 6) is -0.194. The highest BCUT2D eigenvalue weighted by Gasteiger charge is 2.21. The molecule has 0 aliphatic carbocycles. The maximum absolute atomic E-state index is 11.4. The van der Waals surface area contributed by atoms with Gasteiger partial charge < -0.3 is 14.0 Å². The van der Waals surface area contributed by atoms with Crippen molar-refractivity contribution in [3.63, 3.8) is 0 Å². The summed E-state index contributed by atoms with van der Waals surface area (Å²) in [5, 5.41) is 1.20. The number of hydrogen-bond acceptors (Lipinski definition) is 6. The molecule has 0 bridgehead atoms. The van der Waals surface area contributed by atoms with Gasteiger partial charge in [0.15, 0.2) is 11.3 Å². The van der Waals surface area contributed by atoms with Crippen LogP contribution in [-0.4, -0.2) is 39.2 Å². The largest absolute Gasteiger partial charge is 0.462 e. The van der Waals surface area contributed by atoms with Crippen molar-refractivity contribution in [2.24, 2.45) is 0 Å². The van der Waals surface area contributed by atoms with Gasteiger partial charge in [0, 0.05) is 19.2 Å². The number of pyridine rings is 1. The number of carbonyl (C=O) groups is 2. The maximum atomic E-state index is 11.4. The third-order valence-electron chi connectivity index (χ3n) is 3.92. The smallest absolute Gasteiger partial charge is 0.303 e. The lowest BCUT2D eigenvalue weighted by atomic mass is 10.2. The minimum Gasteiger partial charge on any atom is -0.462 e. The number of carbonyl (C=O) groups excluding carboxylic acids is 2. The molecule has 0 aliphatic heterocycles. The van der Waals surface area contributed by atoms with Gasteiger partial charge in [-0.2, -0.15) is 0 Å². The summed E-state index contributed by atoms with van der Waals surface area (Å²) in [6.45, 7) is 4.70. The standard InChI is InChI=1S/C18H18ClN3O4/c1-10-20-16-17(14-6-4-5-7-15(14)21-18(16)19)22(10)8-13(26-12(3)24)9-25-11(2)23/h4-7,13H,8-9H2,1-3H3. The molecule has 8 heteroatoms. The predicted octanol–water partition coefficient (Wildman–Crippen LogP) is 3.04. The van der Waals surface area contributed by atoms with E-state index in [1.54, 1.807) is 0 Å². The van der Waals surface area contributed by atoms with Gasteiger partial charge in [0.25, 0.3) is 0 Å². The number of para-hydroxylation sites is 1. The molecule has 2 aromatic heterocycles. The Bertz CT molecular complexity index is 999. The van der Waals surface area contributed by atoms with Crippen molar-refractivity contribution in [1.82, 2.24) is 14.5 Å². The van der Waals surface area contributed by atoms with E-state index >= 15 is 0 Å². The van der Waals surface area contributed by atoms with Gasteiger partial charge in [-0.25, -0.2) is 9.97 Å². The third kappa shape index (κ3) is 3.62. The van der Waals surface area contributed by atoms with E-state index in [0.29, 0.717) is 16.5 Å². The normalized spacial score (nSPS) is 12.3. The molecule has 0 fully saturated rings. The molecule has 1 atom stereocenters. The first-order valence-electron chi connectivity index (χ1n) is 8.08. The first kappa shape index (κ1) is 18.1. The molecule has 1 unspecified atom stereocenters. The average Bonchev–Trinajstić information content (AvgIpc) is 2.90. The fourth-order valence-electron chi connectivity index (χ4n) is 2.91. The van der Waals surface area contributed by atoms with Crippen LogP contribution in [0, 0.1) is 6.92 Å². The molecule has 0 aliphatic rings. The average molecular weight is 376 g/mol. The van der Waals surface area contributed by atoms with Crippen LogP contribution in [0.3, 0.4) is 0 Å². The van der Waals surface area contributed by atoms with E-state index in [1.165, 1.54) is 13.8 Å². The number of ether oxygens (including phenoxy) is 2. The van der Waals surface area contributed by atoms with Crippen LogP contribution in [0.15, 0.2) is 24.3 Å². The van der Waals surface area contributed by atoms with Crippen molar-refractivity contribution in [3.8, 4) is 0 Å². The Morgan fingerprint density at radius 1 is 1.19 bits per heavy atom. The maximum Gasteiger partial charge on any atom is 0.303 e. The Morgan fingerprint density at radius 3 is 2.62 bits per heavy atom.